The number of hydrogen-bond donors (Lipinski definition) is 1. The van der Waals surface area contributed by atoms with Gasteiger partial charge < -0.3 is 15.0 Å². The Bertz CT molecular complexity index is 456. The van der Waals surface area contributed by atoms with Crippen LogP contribution in [0.25, 0.3) is 0 Å². The lowest BCUT2D eigenvalue weighted by molar-refractivity contribution is 0.0184. The van der Waals surface area contributed by atoms with E-state index in [1.165, 1.54) is 4.88 Å². The molecule has 2 unspecified atom stereocenters. The topological polar surface area (TPSA) is 54.5 Å². The molecule has 0 aromatic carbocycles. The molecule has 2 heterocycles. The van der Waals surface area contributed by atoms with E-state index in [1.54, 1.807) is 11.3 Å². The maximum atomic E-state index is 12.1. The summed E-state index contributed by atoms with van der Waals surface area (Å²) in [6, 6.07) is 0.574. The minimum Gasteiger partial charge on any atom is -0.444 e. The Hall–Kier alpha value is -1.14. The zero-order valence-corrected chi connectivity index (χ0v) is 14.1. The van der Waals surface area contributed by atoms with Gasteiger partial charge in [0.25, 0.3) is 0 Å². The van der Waals surface area contributed by atoms with Crippen molar-refractivity contribution in [3.8, 4) is 0 Å². The van der Waals surface area contributed by atoms with Crippen molar-refractivity contribution in [3.05, 3.63) is 16.6 Å². The summed E-state index contributed by atoms with van der Waals surface area (Å²) < 4.78 is 5.45. The van der Waals surface area contributed by atoms with Gasteiger partial charge in [-0.3, -0.25) is 4.98 Å². The molecule has 0 bridgehead atoms. The number of ether oxygens (including phenoxy) is 1. The predicted octanol–water partition coefficient (Wildman–Crippen LogP) is 3.19. The Kier molecular flexibility index (Phi) is 5.22. The molecular formula is C15H25N3O2S. The molecule has 2 rings (SSSR count). The number of carbonyl (C=O) groups is 1. The number of hydrogen-bond acceptors (Lipinski definition) is 5. The van der Waals surface area contributed by atoms with Crippen molar-refractivity contribution in [2.45, 2.75) is 58.2 Å². The van der Waals surface area contributed by atoms with Gasteiger partial charge in [0, 0.05) is 36.2 Å². The third-order valence-electron chi connectivity index (χ3n) is 3.44. The van der Waals surface area contributed by atoms with E-state index in [9.17, 15) is 4.79 Å². The molecule has 1 N–H and O–H groups in total. The van der Waals surface area contributed by atoms with Crippen LogP contribution in [0.4, 0.5) is 4.79 Å². The highest BCUT2D eigenvalue weighted by molar-refractivity contribution is 7.09. The maximum Gasteiger partial charge on any atom is 0.410 e. The van der Waals surface area contributed by atoms with Crippen molar-refractivity contribution in [1.29, 1.82) is 0 Å². The fraction of sp³-hybridized carbons (Fsp3) is 0.733. The van der Waals surface area contributed by atoms with Gasteiger partial charge in [-0.1, -0.05) is 0 Å². The quantitative estimate of drug-likeness (QED) is 0.931. The minimum atomic E-state index is -0.437. The van der Waals surface area contributed by atoms with Crippen molar-refractivity contribution in [2.24, 2.45) is 0 Å². The lowest BCUT2D eigenvalue weighted by Crippen LogP contribution is -2.49. The van der Waals surface area contributed by atoms with Gasteiger partial charge in [-0.15, -0.1) is 11.3 Å². The number of carbonyl (C=O) groups excluding carboxylic acids is 1. The first-order valence-electron chi connectivity index (χ1n) is 7.47. The number of nitrogens with zero attached hydrogens (tertiary/aromatic N) is 2. The summed E-state index contributed by atoms with van der Waals surface area (Å²) in [5.74, 6) is 0. The van der Waals surface area contributed by atoms with E-state index >= 15 is 0 Å². The van der Waals surface area contributed by atoms with Crippen LogP contribution in [-0.2, 0) is 4.74 Å². The molecule has 0 saturated carbocycles. The van der Waals surface area contributed by atoms with Crippen LogP contribution in [0.5, 0.6) is 0 Å². The molecule has 21 heavy (non-hydrogen) atoms. The van der Waals surface area contributed by atoms with Crippen molar-refractivity contribution >= 4 is 17.4 Å². The molecule has 1 aliphatic rings. The second kappa shape index (κ2) is 6.75. The number of likely N-dealkylation sites (tertiary alicyclic amines) is 1. The van der Waals surface area contributed by atoms with Gasteiger partial charge in [0.15, 0.2) is 0 Å². The molecular weight excluding hydrogens is 286 g/mol. The van der Waals surface area contributed by atoms with Gasteiger partial charge >= 0.3 is 6.09 Å². The van der Waals surface area contributed by atoms with Gasteiger partial charge in [0.2, 0.25) is 0 Å². The summed E-state index contributed by atoms with van der Waals surface area (Å²) in [5, 5.41) is 3.59. The van der Waals surface area contributed by atoms with Crippen LogP contribution in [-0.4, -0.2) is 40.7 Å². The van der Waals surface area contributed by atoms with E-state index in [0.717, 1.165) is 19.4 Å². The molecule has 2 atom stereocenters. The first kappa shape index (κ1) is 16.2. The normalized spacial score (nSPS) is 21.1. The van der Waals surface area contributed by atoms with E-state index in [2.05, 4.69) is 17.2 Å². The predicted molar refractivity (Wildman–Crippen MR) is 84.5 cm³/mol. The van der Waals surface area contributed by atoms with Crippen LogP contribution in [0.1, 0.15) is 51.5 Å². The molecule has 5 nitrogen and oxygen atoms in total. The van der Waals surface area contributed by atoms with E-state index < -0.39 is 5.60 Å². The lowest BCUT2D eigenvalue weighted by atomic mass is 10.0. The van der Waals surface area contributed by atoms with E-state index in [1.807, 2.05) is 37.4 Å². The van der Waals surface area contributed by atoms with E-state index in [4.69, 9.17) is 4.74 Å². The van der Waals surface area contributed by atoms with Gasteiger partial charge in [-0.25, -0.2) is 4.79 Å². The molecule has 1 saturated heterocycles. The van der Waals surface area contributed by atoms with Gasteiger partial charge in [0.05, 0.1) is 5.51 Å². The van der Waals surface area contributed by atoms with Crippen LogP contribution in [0.3, 0.4) is 0 Å². The number of amides is 1. The van der Waals surface area contributed by atoms with Gasteiger partial charge in [-0.2, -0.15) is 0 Å². The zero-order valence-electron chi connectivity index (χ0n) is 13.3. The zero-order chi connectivity index (χ0) is 15.5. The standard InChI is InChI=1S/C15H25N3O2S/c1-11(13-8-16-10-21-13)17-12-6-5-7-18(9-12)14(19)20-15(2,3)4/h8,10-12,17H,5-7,9H2,1-4H3. The fourth-order valence-corrected chi connectivity index (χ4v) is 3.12. The highest BCUT2D eigenvalue weighted by Gasteiger charge is 2.28. The third kappa shape index (κ3) is 4.97. The molecule has 1 aromatic heterocycles. The summed E-state index contributed by atoms with van der Waals surface area (Å²) in [5.41, 5.74) is 1.41. The lowest BCUT2D eigenvalue weighted by Gasteiger charge is -2.35. The third-order valence-corrected chi connectivity index (χ3v) is 4.40. The first-order valence-corrected chi connectivity index (χ1v) is 8.35. The van der Waals surface area contributed by atoms with Crippen molar-refractivity contribution in [2.75, 3.05) is 13.1 Å². The summed E-state index contributed by atoms with van der Waals surface area (Å²) in [6.45, 7) is 9.32. The van der Waals surface area contributed by atoms with Crippen LogP contribution >= 0.6 is 11.3 Å². The van der Waals surface area contributed by atoms with Crippen molar-refractivity contribution < 1.29 is 9.53 Å². The Morgan fingerprint density at radius 1 is 1.57 bits per heavy atom. The highest BCUT2D eigenvalue weighted by atomic mass is 32.1. The fourth-order valence-electron chi connectivity index (χ4n) is 2.48. The van der Waals surface area contributed by atoms with Gasteiger partial charge in [0.1, 0.15) is 5.60 Å². The van der Waals surface area contributed by atoms with Crippen LogP contribution in [0.15, 0.2) is 11.7 Å². The largest absolute Gasteiger partial charge is 0.444 e. The number of aromatic nitrogens is 1. The average Bonchev–Trinajstić information content (AvgIpc) is 2.91. The highest BCUT2D eigenvalue weighted by Crippen LogP contribution is 2.20. The molecule has 1 fully saturated rings. The molecule has 0 spiro atoms. The molecule has 0 radical (unpaired) electrons. The molecule has 118 valence electrons. The number of piperidine rings is 1. The Morgan fingerprint density at radius 2 is 2.33 bits per heavy atom. The smallest absolute Gasteiger partial charge is 0.410 e. The Morgan fingerprint density at radius 3 is 2.95 bits per heavy atom. The summed E-state index contributed by atoms with van der Waals surface area (Å²) in [4.78, 5) is 19.3. The Labute approximate surface area is 130 Å². The average molecular weight is 311 g/mol. The second-order valence-electron chi connectivity index (χ2n) is 6.56. The number of rotatable bonds is 3. The SMILES string of the molecule is CC(NC1CCCN(C(=O)OC(C)(C)C)C1)c1cncs1. The molecule has 1 amide bonds. The van der Waals surface area contributed by atoms with Crippen LogP contribution in [0.2, 0.25) is 0 Å². The first-order chi connectivity index (χ1) is 9.85. The summed E-state index contributed by atoms with van der Waals surface area (Å²) >= 11 is 1.66. The molecule has 0 aliphatic carbocycles. The molecule has 6 heteroatoms. The second-order valence-corrected chi connectivity index (χ2v) is 7.48. The Balaban J connectivity index is 1.87. The van der Waals surface area contributed by atoms with E-state index in [-0.39, 0.29) is 12.1 Å². The maximum absolute atomic E-state index is 12.1. The van der Waals surface area contributed by atoms with Crippen LogP contribution in [0, 0.1) is 0 Å². The molecule has 1 aliphatic heterocycles. The number of nitrogens with one attached hydrogen (secondary N) is 1. The van der Waals surface area contributed by atoms with Gasteiger partial charge in [-0.05, 0) is 40.5 Å². The summed E-state index contributed by atoms with van der Waals surface area (Å²) in [6.07, 6.45) is 3.78. The number of thiazole rings is 1. The summed E-state index contributed by atoms with van der Waals surface area (Å²) in [7, 11) is 0. The molecule has 1 aromatic rings. The monoisotopic (exact) mass is 311 g/mol. The van der Waals surface area contributed by atoms with E-state index in [0.29, 0.717) is 12.6 Å². The van der Waals surface area contributed by atoms with Crippen molar-refractivity contribution in [1.82, 2.24) is 15.2 Å². The van der Waals surface area contributed by atoms with Crippen molar-refractivity contribution in [3.63, 3.8) is 0 Å². The minimum absolute atomic E-state index is 0.209. The van der Waals surface area contributed by atoms with Crippen LogP contribution < -0.4 is 5.32 Å².